The third kappa shape index (κ3) is 5.40. The van der Waals surface area contributed by atoms with Crippen molar-refractivity contribution in [1.82, 2.24) is 0 Å². The summed E-state index contributed by atoms with van der Waals surface area (Å²) in [4.78, 5) is 12.1. The molecular weight excluding hydrogens is 432 g/mol. The van der Waals surface area contributed by atoms with Crippen LogP contribution in [0.2, 0.25) is 0 Å². The first kappa shape index (κ1) is 26.8. The van der Waals surface area contributed by atoms with Gasteiger partial charge >= 0.3 is 6.16 Å². The molecule has 3 saturated carbocycles. The van der Waals surface area contributed by atoms with Crippen molar-refractivity contribution in [1.29, 1.82) is 0 Å². The molecule has 3 heteroatoms. The first-order valence-corrected chi connectivity index (χ1v) is 14.7. The van der Waals surface area contributed by atoms with Crippen LogP contribution in [0.15, 0.2) is 23.8 Å². The zero-order valence-electron chi connectivity index (χ0n) is 23.5. The molecule has 0 heterocycles. The van der Waals surface area contributed by atoms with Crippen molar-refractivity contribution >= 4 is 6.16 Å². The summed E-state index contributed by atoms with van der Waals surface area (Å²) in [5.74, 6) is 5.13. The lowest BCUT2D eigenvalue weighted by Crippen LogP contribution is -2.51. The van der Waals surface area contributed by atoms with E-state index in [9.17, 15) is 4.79 Å². The van der Waals surface area contributed by atoms with Gasteiger partial charge in [-0.2, -0.15) is 0 Å². The van der Waals surface area contributed by atoms with Gasteiger partial charge in [0, 0.05) is 6.42 Å². The van der Waals surface area contributed by atoms with Gasteiger partial charge in [-0.05, 0) is 104 Å². The Kier molecular flexibility index (Phi) is 8.13. The van der Waals surface area contributed by atoms with E-state index in [1.54, 1.807) is 5.57 Å². The Morgan fingerprint density at radius 2 is 1.86 bits per heavy atom. The average molecular weight is 485 g/mol. The zero-order chi connectivity index (χ0) is 25.4. The number of fused-ring (bicyclic) bond motifs is 5. The van der Waals surface area contributed by atoms with Crippen molar-refractivity contribution in [3.63, 3.8) is 0 Å². The topological polar surface area (TPSA) is 35.5 Å². The molecule has 0 saturated heterocycles. The van der Waals surface area contributed by atoms with Gasteiger partial charge in [-0.1, -0.05) is 72.1 Å². The normalized spacial score (nSPS) is 39.2. The largest absolute Gasteiger partial charge is 0.508 e. The number of hydrogen-bond acceptors (Lipinski definition) is 3. The highest BCUT2D eigenvalue weighted by molar-refractivity contribution is 5.60. The fourth-order valence-electron chi connectivity index (χ4n) is 9.10. The van der Waals surface area contributed by atoms with Gasteiger partial charge in [-0.3, -0.25) is 0 Å². The lowest BCUT2D eigenvalue weighted by atomic mass is 9.47. The van der Waals surface area contributed by atoms with E-state index in [-0.39, 0.29) is 18.1 Å². The van der Waals surface area contributed by atoms with Crippen molar-refractivity contribution in [2.45, 2.75) is 118 Å². The van der Waals surface area contributed by atoms with Gasteiger partial charge in [0.25, 0.3) is 0 Å². The molecule has 3 fully saturated rings. The van der Waals surface area contributed by atoms with Crippen LogP contribution < -0.4 is 0 Å². The lowest BCUT2D eigenvalue weighted by Gasteiger charge is -2.58. The molecule has 0 amide bonds. The maximum Gasteiger partial charge on any atom is 0.508 e. The molecule has 4 rings (SSSR count). The molecule has 0 N–H and O–H groups in total. The molecule has 0 bridgehead atoms. The molecule has 0 spiro atoms. The van der Waals surface area contributed by atoms with Crippen molar-refractivity contribution in [3.05, 3.63) is 23.8 Å². The van der Waals surface area contributed by atoms with E-state index >= 15 is 0 Å². The summed E-state index contributed by atoms with van der Waals surface area (Å²) in [5.41, 5.74) is 3.21. The Morgan fingerprint density at radius 1 is 1.09 bits per heavy atom. The van der Waals surface area contributed by atoms with E-state index in [4.69, 9.17) is 9.47 Å². The van der Waals surface area contributed by atoms with Crippen molar-refractivity contribution in [3.8, 4) is 0 Å². The van der Waals surface area contributed by atoms with Crippen molar-refractivity contribution in [2.75, 3.05) is 6.61 Å². The minimum Gasteiger partial charge on any atom is -0.431 e. The number of carbonyl (C=O) groups is 1. The summed E-state index contributed by atoms with van der Waals surface area (Å²) in [7, 11) is 0. The molecule has 198 valence electrons. The monoisotopic (exact) mass is 484 g/mol. The third-order valence-corrected chi connectivity index (χ3v) is 11.0. The molecule has 35 heavy (non-hydrogen) atoms. The molecule has 8 atom stereocenters. The van der Waals surface area contributed by atoms with Gasteiger partial charge in [0.2, 0.25) is 0 Å². The summed E-state index contributed by atoms with van der Waals surface area (Å²) in [6, 6.07) is 0. The number of carbonyl (C=O) groups excluding carboxylic acids is 1. The molecule has 0 radical (unpaired) electrons. The van der Waals surface area contributed by atoms with Gasteiger partial charge in [-0.25, -0.2) is 4.79 Å². The first-order valence-electron chi connectivity index (χ1n) is 14.7. The van der Waals surface area contributed by atoms with Crippen LogP contribution in [0.1, 0.15) is 112 Å². The summed E-state index contributed by atoms with van der Waals surface area (Å²) in [5, 5.41) is 0. The van der Waals surface area contributed by atoms with Gasteiger partial charge in [-0.15, -0.1) is 0 Å². The van der Waals surface area contributed by atoms with Crippen LogP contribution in [0.25, 0.3) is 0 Å². The summed E-state index contributed by atoms with van der Waals surface area (Å²) < 4.78 is 10.9. The zero-order valence-corrected chi connectivity index (χ0v) is 23.5. The molecule has 3 nitrogen and oxygen atoms in total. The second-order valence-corrected chi connectivity index (χ2v) is 13.8. The Hall–Kier alpha value is -1.25. The van der Waals surface area contributed by atoms with E-state index < -0.39 is 6.16 Å². The second kappa shape index (κ2) is 10.6. The van der Waals surface area contributed by atoms with Crippen LogP contribution in [0, 0.1) is 46.3 Å². The first-order chi connectivity index (χ1) is 16.5. The Bertz CT molecular complexity index is 812. The van der Waals surface area contributed by atoms with Gasteiger partial charge in [0.1, 0.15) is 12.7 Å². The highest BCUT2D eigenvalue weighted by atomic mass is 16.7. The molecule has 0 aliphatic heterocycles. The highest BCUT2D eigenvalue weighted by Gasteiger charge is 2.59. The standard InChI is InChI=1S/C32H52O3/c1-21(2)9-8-10-23(5)27-13-14-28-26-12-11-24-19-25(35-30(33)34-20-22(3)4)15-17-31(24,6)29(26)16-18-32(27,28)7/h11,21,23,25-29H,3,8-10,12-20H2,1-2,4-7H3. The fraction of sp³-hybridized carbons (Fsp3) is 0.844. The number of hydrogen-bond donors (Lipinski definition) is 0. The maximum absolute atomic E-state index is 12.1. The quantitative estimate of drug-likeness (QED) is 0.254. The van der Waals surface area contributed by atoms with Crippen molar-refractivity contribution < 1.29 is 14.3 Å². The third-order valence-electron chi connectivity index (χ3n) is 11.0. The smallest absolute Gasteiger partial charge is 0.431 e. The summed E-state index contributed by atoms with van der Waals surface area (Å²) in [6.45, 7) is 18.4. The minimum atomic E-state index is -0.538. The lowest BCUT2D eigenvalue weighted by molar-refractivity contribution is -0.0613. The van der Waals surface area contributed by atoms with Crippen LogP contribution in [-0.2, 0) is 9.47 Å². The fourth-order valence-corrected chi connectivity index (χ4v) is 9.10. The van der Waals surface area contributed by atoms with Crippen LogP contribution in [0.4, 0.5) is 4.79 Å². The van der Waals surface area contributed by atoms with Crippen molar-refractivity contribution in [2.24, 2.45) is 46.3 Å². The SMILES string of the molecule is C=C(C)COC(=O)OC1CCC2(C)C(=CCC3C2CCC2(C)C(C(C)CCCC(C)C)CCC32)C1. The molecule has 0 aromatic rings. The molecule has 4 aliphatic rings. The van der Waals surface area contributed by atoms with Crippen LogP contribution in [0.5, 0.6) is 0 Å². The Balaban J connectivity index is 1.40. The van der Waals surface area contributed by atoms with Gasteiger partial charge in [0.15, 0.2) is 0 Å². The Labute approximate surface area is 215 Å². The van der Waals surface area contributed by atoms with Crippen LogP contribution in [0.3, 0.4) is 0 Å². The summed E-state index contributed by atoms with van der Waals surface area (Å²) in [6.07, 6.45) is 16.1. The Morgan fingerprint density at radius 3 is 2.57 bits per heavy atom. The van der Waals surface area contributed by atoms with E-state index in [0.717, 1.165) is 60.3 Å². The molecule has 0 aromatic heterocycles. The van der Waals surface area contributed by atoms with Crippen LogP contribution >= 0.6 is 0 Å². The van der Waals surface area contributed by atoms with Crippen LogP contribution in [-0.4, -0.2) is 18.9 Å². The predicted molar refractivity (Wildman–Crippen MR) is 144 cm³/mol. The maximum atomic E-state index is 12.1. The van der Waals surface area contributed by atoms with Gasteiger partial charge < -0.3 is 9.47 Å². The number of rotatable bonds is 8. The molecule has 0 aromatic carbocycles. The molecular formula is C32H52O3. The number of ether oxygens (including phenoxy) is 2. The molecule has 4 aliphatic carbocycles. The second-order valence-electron chi connectivity index (χ2n) is 13.8. The average Bonchev–Trinajstić information content (AvgIpc) is 3.15. The number of allylic oxidation sites excluding steroid dienone is 1. The van der Waals surface area contributed by atoms with Gasteiger partial charge in [0.05, 0.1) is 0 Å². The highest BCUT2D eigenvalue weighted by Crippen LogP contribution is 2.67. The van der Waals surface area contributed by atoms with E-state index in [1.807, 2.05) is 6.92 Å². The van der Waals surface area contributed by atoms with E-state index in [2.05, 4.69) is 47.3 Å². The summed E-state index contributed by atoms with van der Waals surface area (Å²) >= 11 is 0. The predicted octanol–water partition coefficient (Wildman–Crippen LogP) is 9.13. The van der Waals surface area contributed by atoms with E-state index in [1.165, 1.54) is 51.4 Å². The molecule has 8 unspecified atom stereocenters. The van der Waals surface area contributed by atoms with E-state index in [0.29, 0.717) is 5.41 Å². The minimum absolute atomic E-state index is 0.0418.